The van der Waals surface area contributed by atoms with Crippen LogP contribution in [0.3, 0.4) is 0 Å². The first-order valence-electron chi connectivity index (χ1n) is 5.53. The maximum absolute atomic E-state index is 11.8. The number of anilines is 1. The molecule has 0 fully saturated rings. The van der Waals surface area contributed by atoms with Gasteiger partial charge in [-0.25, -0.2) is 13.6 Å². The van der Waals surface area contributed by atoms with Crippen molar-refractivity contribution in [3.8, 4) is 0 Å². The number of nitro benzene ring substituents is 1. The van der Waals surface area contributed by atoms with Gasteiger partial charge in [-0.2, -0.15) is 0 Å². The van der Waals surface area contributed by atoms with Crippen LogP contribution >= 0.6 is 0 Å². The first kappa shape index (κ1) is 15.8. The average Bonchev–Trinajstić information content (AvgIpc) is 2.37. The molecule has 0 amide bonds. The number of hydrogen-bond donors (Lipinski definition) is 2. The van der Waals surface area contributed by atoms with Crippen LogP contribution in [0.5, 0.6) is 0 Å². The number of nitro groups is 1. The predicted octanol–water partition coefficient (Wildman–Crippen LogP) is 1.99. The van der Waals surface area contributed by atoms with Crippen molar-refractivity contribution in [1.29, 1.82) is 0 Å². The van der Waals surface area contributed by atoms with E-state index in [0.717, 1.165) is 18.2 Å². The van der Waals surface area contributed by atoms with Gasteiger partial charge in [-0.3, -0.25) is 10.1 Å². The Morgan fingerprint density at radius 1 is 1.50 bits per heavy atom. The Hall–Kier alpha value is -2.29. The molecule has 2 N–H and O–H groups in total. The number of carboxylic acids is 1. The van der Waals surface area contributed by atoms with Gasteiger partial charge in [0.2, 0.25) is 0 Å². The molecule has 0 saturated carbocycles. The Labute approximate surface area is 112 Å². The molecule has 110 valence electrons. The molecule has 0 aromatic heterocycles. The van der Waals surface area contributed by atoms with E-state index in [9.17, 15) is 23.7 Å². The summed E-state index contributed by atoms with van der Waals surface area (Å²) in [7, 11) is 0. The Balaban J connectivity index is 2.68. The second-order valence-electron chi connectivity index (χ2n) is 3.68. The lowest BCUT2D eigenvalue weighted by atomic mass is 10.1. The van der Waals surface area contributed by atoms with Gasteiger partial charge < -0.3 is 15.2 Å². The largest absolute Gasteiger partial charge is 0.478 e. The summed E-state index contributed by atoms with van der Waals surface area (Å²) in [6.45, 7) is -0.747. The van der Waals surface area contributed by atoms with Crippen molar-refractivity contribution in [3.05, 3.63) is 33.9 Å². The highest BCUT2D eigenvalue weighted by atomic mass is 19.3. The fraction of sp³-hybridized carbons (Fsp3) is 0.364. The van der Waals surface area contributed by atoms with Gasteiger partial charge in [-0.15, -0.1) is 0 Å². The quantitative estimate of drug-likeness (QED) is 0.431. The second-order valence-corrected chi connectivity index (χ2v) is 3.68. The standard InChI is InChI=1S/C11H12F2N2O5/c12-10(13)6-20-4-3-14-9-5-7(15(18)19)1-2-8(9)11(16)17/h1-2,5,10,14H,3-4,6H2,(H,16,17). The van der Waals surface area contributed by atoms with Gasteiger partial charge in [-0.05, 0) is 6.07 Å². The van der Waals surface area contributed by atoms with E-state index in [0.29, 0.717) is 0 Å². The monoisotopic (exact) mass is 290 g/mol. The number of benzene rings is 1. The fourth-order valence-corrected chi connectivity index (χ4v) is 1.41. The van der Waals surface area contributed by atoms with Crippen LogP contribution in [0.2, 0.25) is 0 Å². The van der Waals surface area contributed by atoms with Crippen LogP contribution in [0.15, 0.2) is 18.2 Å². The van der Waals surface area contributed by atoms with Crippen molar-refractivity contribution in [1.82, 2.24) is 0 Å². The van der Waals surface area contributed by atoms with Gasteiger partial charge in [0.15, 0.2) is 0 Å². The molecule has 0 radical (unpaired) electrons. The van der Waals surface area contributed by atoms with Crippen molar-refractivity contribution < 1.29 is 28.3 Å². The highest BCUT2D eigenvalue weighted by molar-refractivity contribution is 5.94. The van der Waals surface area contributed by atoms with Crippen LogP contribution in [0.25, 0.3) is 0 Å². The van der Waals surface area contributed by atoms with Crippen molar-refractivity contribution >= 4 is 17.3 Å². The zero-order valence-electron chi connectivity index (χ0n) is 10.2. The highest BCUT2D eigenvalue weighted by Gasteiger charge is 2.15. The smallest absolute Gasteiger partial charge is 0.337 e. The van der Waals surface area contributed by atoms with Gasteiger partial charge >= 0.3 is 5.97 Å². The first-order valence-corrected chi connectivity index (χ1v) is 5.53. The molecule has 1 rings (SSSR count). The molecule has 7 nitrogen and oxygen atoms in total. The molecule has 0 aliphatic carbocycles. The minimum atomic E-state index is -2.58. The maximum Gasteiger partial charge on any atom is 0.337 e. The highest BCUT2D eigenvalue weighted by Crippen LogP contribution is 2.22. The minimum Gasteiger partial charge on any atom is -0.478 e. The van der Waals surface area contributed by atoms with Crippen molar-refractivity contribution in [3.63, 3.8) is 0 Å². The van der Waals surface area contributed by atoms with Crippen LogP contribution in [-0.2, 0) is 4.74 Å². The normalized spacial score (nSPS) is 10.6. The van der Waals surface area contributed by atoms with Crippen molar-refractivity contribution in [2.24, 2.45) is 0 Å². The van der Waals surface area contributed by atoms with E-state index in [1.165, 1.54) is 0 Å². The van der Waals surface area contributed by atoms with Gasteiger partial charge in [-0.1, -0.05) is 0 Å². The average molecular weight is 290 g/mol. The summed E-state index contributed by atoms with van der Waals surface area (Å²) in [5.74, 6) is -1.25. The van der Waals surface area contributed by atoms with Crippen LogP contribution in [-0.4, -0.2) is 42.2 Å². The molecule has 0 saturated heterocycles. The Kier molecular flexibility index (Phi) is 5.78. The van der Waals surface area contributed by atoms with E-state index < -0.39 is 23.9 Å². The molecule has 0 aliphatic rings. The number of nitrogens with zero attached hydrogens (tertiary/aromatic N) is 1. The molecule has 0 bridgehead atoms. The Morgan fingerprint density at radius 3 is 2.75 bits per heavy atom. The van der Waals surface area contributed by atoms with E-state index in [4.69, 9.17) is 5.11 Å². The van der Waals surface area contributed by atoms with Gasteiger partial charge in [0.25, 0.3) is 12.1 Å². The van der Waals surface area contributed by atoms with E-state index >= 15 is 0 Å². The van der Waals surface area contributed by atoms with Gasteiger partial charge in [0.1, 0.15) is 6.61 Å². The third kappa shape index (κ3) is 4.76. The van der Waals surface area contributed by atoms with Crippen molar-refractivity contribution in [2.45, 2.75) is 6.43 Å². The minimum absolute atomic E-state index is 0.0346. The lowest BCUT2D eigenvalue weighted by Crippen LogP contribution is -2.15. The molecule has 0 atom stereocenters. The lowest BCUT2D eigenvalue weighted by Gasteiger charge is -2.09. The molecule has 0 aliphatic heterocycles. The summed E-state index contributed by atoms with van der Waals surface area (Å²) < 4.78 is 28.2. The summed E-state index contributed by atoms with van der Waals surface area (Å²) in [4.78, 5) is 20.9. The summed E-state index contributed by atoms with van der Waals surface area (Å²) in [6.07, 6.45) is -2.58. The van der Waals surface area contributed by atoms with Crippen LogP contribution in [0.4, 0.5) is 20.2 Å². The number of non-ortho nitro benzene ring substituents is 1. The molecule has 1 aromatic carbocycles. The number of alkyl halides is 2. The molecule has 1 aromatic rings. The first-order chi connectivity index (χ1) is 9.41. The predicted molar refractivity (Wildman–Crippen MR) is 65.4 cm³/mol. The van der Waals surface area contributed by atoms with E-state index in [1.54, 1.807) is 0 Å². The number of ether oxygens (including phenoxy) is 1. The van der Waals surface area contributed by atoms with E-state index in [-0.39, 0.29) is 30.1 Å². The summed E-state index contributed by atoms with van der Waals surface area (Å²) in [5.41, 5.74) is -0.386. The third-order valence-corrected chi connectivity index (χ3v) is 2.25. The summed E-state index contributed by atoms with van der Waals surface area (Å²) in [6, 6.07) is 3.24. The van der Waals surface area contributed by atoms with Gasteiger partial charge in [0.05, 0.1) is 22.8 Å². The zero-order chi connectivity index (χ0) is 15.1. The Morgan fingerprint density at radius 2 is 2.20 bits per heavy atom. The van der Waals surface area contributed by atoms with Crippen LogP contribution in [0.1, 0.15) is 10.4 Å². The molecular weight excluding hydrogens is 278 g/mol. The molecule has 0 heterocycles. The number of nitrogens with one attached hydrogen (secondary N) is 1. The second kappa shape index (κ2) is 7.34. The molecule has 20 heavy (non-hydrogen) atoms. The van der Waals surface area contributed by atoms with Crippen molar-refractivity contribution in [2.75, 3.05) is 25.1 Å². The number of rotatable bonds is 8. The van der Waals surface area contributed by atoms with Gasteiger partial charge in [0, 0.05) is 18.7 Å². The number of halogens is 2. The SMILES string of the molecule is O=C(O)c1ccc([N+](=O)[O-])cc1NCCOCC(F)F. The lowest BCUT2D eigenvalue weighted by molar-refractivity contribution is -0.384. The topological polar surface area (TPSA) is 102 Å². The summed E-state index contributed by atoms with van der Waals surface area (Å²) in [5, 5.41) is 22.1. The summed E-state index contributed by atoms with van der Waals surface area (Å²) >= 11 is 0. The van der Waals surface area contributed by atoms with E-state index in [1.807, 2.05) is 0 Å². The fourth-order valence-electron chi connectivity index (χ4n) is 1.41. The van der Waals surface area contributed by atoms with E-state index in [2.05, 4.69) is 10.1 Å². The Bertz CT molecular complexity index is 496. The molecule has 9 heteroatoms. The third-order valence-electron chi connectivity index (χ3n) is 2.25. The molecule has 0 spiro atoms. The zero-order valence-corrected chi connectivity index (χ0v) is 10.2. The molecular formula is C11H12F2N2O5. The maximum atomic E-state index is 11.8. The number of carbonyl (C=O) groups is 1. The van der Waals surface area contributed by atoms with Crippen LogP contribution in [0, 0.1) is 10.1 Å². The molecule has 0 unspecified atom stereocenters. The number of carboxylic acid groups (broad SMARTS) is 1. The van der Waals surface area contributed by atoms with Crippen LogP contribution < -0.4 is 5.32 Å². The number of aromatic carboxylic acids is 1. The number of hydrogen-bond acceptors (Lipinski definition) is 5.